The molecule has 18 heavy (non-hydrogen) atoms. The Labute approximate surface area is 107 Å². The van der Waals surface area contributed by atoms with Crippen LogP contribution in [0.15, 0.2) is 24.3 Å². The van der Waals surface area contributed by atoms with Crippen molar-refractivity contribution in [3.05, 3.63) is 35.4 Å². The van der Waals surface area contributed by atoms with E-state index >= 15 is 0 Å². The van der Waals surface area contributed by atoms with E-state index in [1.165, 1.54) is 5.56 Å². The molecule has 1 aromatic carbocycles. The first-order chi connectivity index (χ1) is 8.47. The molecule has 0 spiro atoms. The van der Waals surface area contributed by atoms with Gasteiger partial charge in [-0.3, -0.25) is 5.41 Å². The largest absolute Gasteiger partial charge is 0.352 e. The summed E-state index contributed by atoms with van der Waals surface area (Å²) >= 11 is 0. The van der Waals surface area contributed by atoms with E-state index in [4.69, 9.17) is 5.41 Å². The van der Waals surface area contributed by atoms with Crippen molar-refractivity contribution in [3.63, 3.8) is 0 Å². The second-order valence-electron chi connectivity index (χ2n) is 4.45. The molecular formula is C12H17N3O2S. The number of rotatable bonds is 5. The molecule has 0 amide bonds. The molecule has 0 bridgehead atoms. The van der Waals surface area contributed by atoms with E-state index in [1.54, 1.807) is 0 Å². The topological polar surface area (TPSA) is 73.3 Å². The summed E-state index contributed by atoms with van der Waals surface area (Å²) in [5.74, 6) is 0.532. The highest BCUT2D eigenvalue weighted by Crippen LogP contribution is 2.21. The molecule has 1 aliphatic heterocycles. The van der Waals surface area contributed by atoms with Gasteiger partial charge in [0.2, 0.25) is 10.0 Å². The van der Waals surface area contributed by atoms with Crippen LogP contribution in [0.3, 0.4) is 0 Å². The van der Waals surface area contributed by atoms with E-state index in [1.807, 2.05) is 29.2 Å². The molecule has 0 radical (unpaired) electrons. The summed E-state index contributed by atoms with van der Waals surface area (Å²) in [6.07, 6.45) is 1.85. The minimum absolute atomic E-state index is 0.416. The average molecular weight is 267 g/mol. The Kier molecular flexibility index (Phi) is 3.68. The Hall–Kier alpha value is -1.40. The fourth-order valence-electron chi connectivity index (χ4n) is 2.06. The standard InChI is InChI=1S/C12H17N3O2S/c1-18(16,17)14-7-4-8-15-9-10-5-2-3-6-11(10)12(15)13/h2-3,5-6,13-14H,4,7-9H2,1H3. The van der Waals surface area contributed by atoms with Gasteiger partial charge in [0, 0.05) is 25.2 Å². The van der Waals surface area contributed by atoms with Gasteiger partial charge < -0.3 is 4.90 Å². The van der Waals surface area contributed by atoms with Gasteiger partial charge in [0.05, 0.1) is 6.26 Å². The predicted octanol–water partition coefficient (Wildman–Crippen LogP) is 0.767. The molecule has 0 aliphatic carbocycles. The maximum Gasteiger partial charge on any atom is 0.208 e. The highest BCUT2D eigenvalue weighted by atomic mass is 32.2. The first kappa shape index (κ1) is 13.0. The molecular weight excluding hydrogens is 250 g/mol. The maximum absolute atomic E-state index is 10.9. The van der Waals surface area contributed by atoms with Crippen molar-refractivity contribution in [2.24, 2.45) is 0 Å². The molecule has 1 aromatic rings. The second-order valence-corrected chi connectivity index (χ2v) is 6.28. The molecule has 0 saturated heterocycles. The van der Waals surface area contributed by atoms with Crippen LogP contribution in [-0.4, -0.2) is 38.5 Å². The number of hydrogen-bond acceptors (Lipinski definition) is 3. The quantitative estimate of drug-likeness (QED) is 0.774. The first-order valence-electron chi connectivity index (χ1n) is 5.84. The van der Waals surface area contributed by atoms with Gasteiger partial charge in [-0.2, -0.15) is 0 Å². The zero-order valence-electron chi connectivity index (χ0n) is 10.3. The summed E-state index contributed by atoms with van der Waals surface area (Å²) in [5.41, 5.74) is 2.15. The van der Waals surface area contributed by atoms with Crippen LogP contribution in [0.2, 0.25) is 0 Å². The van der Waals surface area contributed by atoms with Crippen LogP contribution in [0.1, 0.15) is 17.5 Å². The number of amidine groups is 1. The lowest BCUT2D eigenvalue weighted by atomic mass is 10.1. The van der Waals surface area contributed by atoms with Gasteiger partial charge in [0.15, 0.2) is 0 Å². The smallest absolute Gasteiger partial charge is 0.208 e. The predicted molar refractivity (Wildman–Crippen MR) is 71.1 cm³/mol. The summed E-state index contributed by atoms with van der Waals surface area (Å²) in [7, 11) is -3.11. The van der Waals surface area contributed by atoms with E-state index in [-0.39, 0.29) is 0 Å². The lowest BCUT2D eigenvalue weighted by molar-refractivity contribution is 0.418. The molecule has 0 saturated carbocycles. The van der Waals surface area contributed by atoms with Gasteiger partial charge in [-0.1, -0.05) is 24.3 Å². The molecule has 5 nitrogen and oxygen atoms in total. The van der Waals surface area contributed by atoms with Crippen molar-refractivity contribution < 1.29 is 8.42 Å². The second kappa shape index (κ2) is 5.07. The van der Waals surface area contributed by atoms with Crippen molar-refractivity contribution in [2.75, 3.05) is 19.3 Å². The lowest BCUT2D eigenvalue weighted by Gasteiger charge is -2.17. The lowest BCUT2D eigenvalue weighted by Crippen LogP contribution is -2.29. The fourth-order valence-corrected chi connectivity index (χ4v) is 2.58. The maximum atomic E-state index is 10.9. The van der Waals surface area contributed by atoms with Gasteiger partial charge in [-0.25, -0.2) is 13.1 Å². The van der Waals surface area contributed by atoms with E-state index < -0.39 is 10.0 Å². The number of hydrogen-bond donors (Lipinski definition) is 2. The van der Waals surface area contributed by atoms with Crippen molar-refractivity contribution in [2.45, 2.75) is 13.0 Å². The highest BCUT2D eigenvalue weighted by Gasteiger charge is 2.22. The van der Waals surface area contributed by atoms with Crippen LogP contribution in [0.4, 0.5) is 0 Å². The van der Waals surface area contributed by atoms with E-state index in [0.717, 1.165) is 18.4 Å². The SMILES string of the molecule is CS(=O)(=O)NCCCN1Cc2ccccc2C1=N. The Balaban J connectivity index is 1.85. The fraction of sp³-hybridized carbons (Fsp3) is 0.417. The Morgan fingerprint density at radius 2 is 2.11 bits per heavy atom. The van der Waals surface area contributed by atoms with E-state index in [9.17, 15) is 8.42 Å². The normalized spacial score (nSPS) is 14.9. The van der Waals surface area contributed by atoms with Gasteiger partial charge in [0.25, 0.3) is 0 Å². The van der Waals surface area contributed by atoms with Crippen LogP contribution >= 0.6 is 0 Å². The highest BCUT2D eigenvalue weighted by molar-refractivity contribution is 7.88. The van der Waals surface area contributed by atoms with Crippen molar-refractivity contribution in [3.8, 4) is 0 Å². The summed E-state index contributed by atoms with van der Waals surface area (Å²) < 4.78 is 24.3. The van der Waals surface area contributed by atoms with Crippen LogP contribution in [0.5, 0.6) is 0 Å². The molecule has 0 aromatic heterocycles. The Morgan fingerprint density at radius 3 is 2.78 bits per heavy atom. The van der Waals surface area contributed by atoms with Crippen LogP contribution < -0.4 is 4.72 Å². The molecule has 98 valence electrons. The third-order valence-corrected chi connectivity index (χ3v) is 3.65. The minimum atomic E-state index is -3.11. The Bertz CT molecular complexity index is 554. The number of nitrogens with one attached hydrogen (secondary N) is 2. The van der Waals surface area contributed by atoms with Gasteiger partial charge >= 0.3 is 0 Å². The molecule has 1 heterocycles. The number of fused-ring (bicyclic) bond motifs is 1. The molecule has 2 rings (SSSR count). The minimum Gasteiger partial charge on any atom is -0.352 e. The van der Waals surface area contributed by atoms with Crippen LogP contribution in [0.25, 0.3) is 0 Å². The molecule has 6 heteroatoms. The summed E-state index contributed by atoms with van der Waals surface area (Å²) in [4.78, 5) is 1.97. The zero-order valence-corrected chi connectivity index (χ0v) is 11.1. The van der Waals surface area contributed by atoms with Crippen LogP contribution in [-0.2, 0) is 16.6 Å². The van der Waals surface area contributed by atoms with Crippen molar-refractivity contribution >= 4 is 15.9 Å². The number of sulfonamides is 1. The van der Waals surface area contributed by atoms with Gasteiger partial charge in [-0.05, 0) is 12.0 Å². The van der Waals surface area contributed by atoms with Crippen molar-refractivity contribution in [1.29, 1.82) is 5.41 Å². The monoisotopic (exact) mass is 267 g/mol. The van der Waals surface area contributed by atoms with Crippen LogP contribution in [0, 0.1) is 5.41 Å². The Morgan fingerprint density at radius 1 is 1.39 bits per heavy atom. The van der Waals surface area contributed by atoms with E-state index in [0.29, 0.717) is 25.3 Å². The van der Waals surface area contributed by atoms with E-state index in [2.05, 4.69) is 4.72 Å². The summed E-state index contributed by atoms with van der Waals surface area (Å²) in [6, 6.07) is 7.88. The first-order valence-corrected chi connectivity index (χ1v) is 7.73. The molecule has 0 atom stereocenters. The molecule has 2 N–H and O–H groups in total. The zero-order chi connectivity index (χ0) is 13.2. The third kappa shape index (κ3) is 3.08. The molecule has 1 aliphatic rings. The third-order valence-electron chi connectivity index (χ3n) is 2.92. The number of nitrogens with zero attached hydrogens (tertiary/aromatic N) is 1. The molecule has 0 fully saturated rings. The van der Waals surface area contributed by atoms with Gasteiger partial charge in [0.1, 0.15) is 5.84 Å². The average Bonchev–Trinajstić information content (AvgIpc) is 2.62. The number of benzene rings is 1. The van der Waals surface area contributed by atoms with Crippen molar-refractivity contribution in [1.82, 2.24) is 9.62 Å². The van der Waals surface area contributed by atoms with Gasteiger partial charge in [-0.15, -0.1) is 0 Å². The summed E-state index contributed by atoms with van der Waals surface area (Å²) in [6.45, 7) is 1.85. The summed E-state index contributed by atoms with van der Waals surface area (Å²) in [5, 5.41) is 8.03. The molecule has 0 unspecified atom stereocenters.